The van der Waals surface area contributed by atoms with Crippen molar-refractivity contribution >= 4 is 91.8 Å². The highest BCUT2D eigenvalue weighted by molar-refractivity contribution is 9.11. The molecule has 6 rings (SSSR count). The summed E-state index contributed by atoms with van der Waals surface area (Å²) >= 11 is 9.30. The summed E-state index contributed by atoms with van der Waals surface area (Å²) in [5, 5.41) is 8.17. The van der Waals surface area contributed by atoms with E-state index in [1.165, 1.54) is 63.8 Å². The van der Waals surface area contributed by atoms with Crippen LogP contribution >= 0.6 is 43.2 Å². The number of benzene rings is 4. The van der Waals surface area contributed by atoms with Gasteiger partial charge in [0.25, 0.3) is 0 Å². The van der Waals surface area contributed by atoms with Crippen molar-refractivity contribution in [1.29, 1.82) is 0 Å². The van der Waals surface area contributed by atoms with E-state index in [1.54, 1.807) is 11.3 Å². The maximum Gasteiger partial charge on any atom is 0.160 e. The van der Waals surface area contributed by atoms with Gasteiger partial charge in [-0.15, -0.1) is 11.3 Å². The molecule has 1 aliphatic rings. The molecular formula is C28H25Br2NS. The number of aromatic nitrogens is 1. The number of hydrogen-bond donors (Lipinski definition) is 0. The Morgan fingerprint density at radius 3 is 2.00 bits per heavy atom. The average molecular weight is 567 g/mol. The van der Waals surface area contributed by atoms with Crippen molar-refractivity contribution in [2.45, 2.75) is 58.8 Å². The number of nitrogens with zero attached hydrogens (tertiary/aromatic N) is 1. The van der Waals surface area contributed by atoms with Gasteiger partial charge in [-0.1, -0.05) is 63.5 Å². The Bertz CT molecular complexity index is 1620. The Kier molecular flexibility index (Phi) is 4.31. The third-order valence-corrected chi connectivity index (χ3v) is 9.00. The molecule has 0 radical (unpaired) electrons. The van der Waals surface area contributed by atoms with Crippen LogP contribution in [0.1, 0.15) is 63.8 Å². The molecule has 1 aromatic heterocycles. The lowest BCUT2D eigenvalue weighted by Gasteiger charge is -2.25. The van der Waals surface area contributed by atoms with Gasteiger partial charge in [-0.05, 0) is 94.8 Å². The minimum atomic E-state index is 0.0690. The van der Waals surface area contributed by atoms with Gasteiger partial charge in [0.1, 0.15) is 0 Å². The molecule has 0 unspecified atom stereocenters. The Morgan fingerprint density at radius 2 is 1.34 bits per heavy atom. The van der Waals surface area contributed by atoms with Crippen LogP contribution in [-0.2, 0) is 17.3 Å². The van der Waals surface area contributed by atoms with Crippen LogP contribution in [0, 0.1) is 0 Å². The van der Waals surface area contributed by atoms with Gasteiger partial charge in [0.2, 0.25) is 0 Å². The van der Waals surface area contributed by atoms with E-state index in [9.17, 15) is 0 Å². The average Bonchev–Trinajstić information content (AvgIpc) is 3.27. The van der Waals surface area contributed by atoms with Crippen molar-refractivity contribution in [1.82, 2.24) is 4.98 Å². The van der Waals surface area contributed by atoms with Crippen LogP contribution in [0.15, 0.2) is 32.7 Å². The van der Waals surface area contributed by atoms with Crippen LogP contribution < -0.4 is 0 Å². The quantitative estimate of drug-likeness (QED) is 0.170. The number of fused-ring (bicyclic) bond motifs is 6. The number of hydrogen-bond acceptors (Lipinski definition) is 2. The topological polar surface area (TPSA) is 12.9 Å². The van der Waals surface area contributed by atoms with Crippen molar-refractivity contribution in [2.75, 3.05) is 0 Å². The maximum absolute atomic E-state index is 5.00. The van der Waals surface area contributed by atoms with Gasteiger partial charge < -0.3 is 0 Å². The van der Waals surface area contributed by atoms with E-state index in [4.69, 9.17) is 4.98 Å². The minimum Gasteiger partial charge on any atom is -0.228 e. The standard InChI is InChI=1S/C28H25Br2NS/c1-27(2,3)13-7-18-16-11-15(29)12-17(16)19-8-14(28(4,5)6)10-21-23(19)22(18)20(9-13)24-25(21)32-26(30)31-24/h7-10,12H,11H2,1-6H3. The molecule has 0 N–H and O–H groups in total. The summed E-state index contributed by atoms with van der Waals surface area (Å²) in [7, 11) is 0. The largest absolute Gasteiger partial charge is 0.228 e. The second-order valence-electron chi connectivity index (χ2n) is 11.2. The van der Waals surface area contributed by atoms with Crippen LogP contribution in [0.25, 0.3) is 48.6 Å². The molecule has 0 saturated heterocycles. The van der Waals surface area contributed by atoms with Crippen LogP contribution in [0.2, 0.25) is 0 Å². The molecule has 162 valence electrons. The lowest BCUT2D eigenvalue weighted by Crippen LogP contribution is -2.12. The fraction of sp³-hybridized carbons (Fsp3) is 0.321. The summed E-state index contributed by atoms with van der Waals surface area (Å²) in [5.74, 6) is 0. The highest BCUT2D eigenvalue weighted by atomic mass is 79.9. The molecule has 1 aliphatic carbocycles. The number of allylic oxidation sites excluding steroid dienone is 1. The lowest BCUT2D eigenvalue weighted by molar-refractivity contribution is 0.591. The first-order valence-electron chi connectivity index (χ1n) is 11.1. The van der Waals surface area contributed by atoms with Gasteiger partial charge in [0.15, 0.2) is 3.92 Å². The molecule has 0 atom stereocenters. The summed E-state index contributed by atoms with van der Waals surface area (Å²) in [6.07, 6.45) is 3.30. The predicted octanol–water partition coefficient (Wildman–Crippen LogP) is 9.84. The third kappa shape index (κ3) is 2.88. The molecule has 1 nitrogen and oxygen atoms in total. The van der Waals surface area contributed by atoms with Crippen LogP contribution in [-0.4, -0.2) is 4.98 Å². The highest BCUT2D eigenvalue weighted by Gasteiger charge is 2.28. The second kappa shape index (κ2) is 6.55. The van der Waals surface area contributed by atoms with Gasteiger partial charge in [-0.25, -0.2) is 4.98 Å². The number of thiazole rings is 1. The van der Waals surface area contributed by atoms with Crippen LogP contribution in [0.5, 0.6) is 0 Å². The lowest BCUT2D eigenvalue weighted by atomic mass is 9.79. The summed E-state index contributed by atoms with van der Waals surface area (Å²) in [6, 6.07) is 9.72. The molecule has 0 amide bonds. The minimum absolute atomic E-state index is 0.0690. The van der Waals surface area contributed by atoms with E-state index in [1.807, 2.05) is 0 Å². The molecule has 0 aliphatic heterocycles. The molecule has 0 spiro atoms. The first kappa shape index (κ1) is 21.1. The summed E-state index contributed by atoms with van der Waals surface area (Å²) in [4.78, 5) is 5.00. The van der Waals surface area contributed by atoms with E-state index in [0.717, 1.165) is 15.9 Å². The van der Waals surface area contributed by atoms with Crippen molar-refractivity contribution in [2.24, 2.45) is 0 Å². The zero-order chi connectivity index (χ0) is 22.7. The van der Waals surface area contributed by atoms with Crippen molar-refractivity contribution in [3.63, 3.8) is 0 Å². The van der Waals surface area contributed by atoms with Crippen molar-refractivity contribution in [3.8, 4) is 0 Å². The van der Waals surface area contributed by atoms with E-state index in [-0.39, 0.29) is 10.8 Å². The van der Waals surface area contributed by atoms with Gasteiger partial charge in [-0.2, -0.15) is 0 Å². The Labute approximate surface area is 209 Å². The zero-order valence-corrected chi connectivity index (χ0v) is 23.2. The predicted molar refractivity (Wildman–Crippen MR) is 149 cm³/mol. The smallest absolute Gasteiger partial charge is 0.160 e. The molecule has 0 bridgehead atoms. The fourth-order valence-corrected chi connectivity index (χ4v) is 7.20. The molecule has 4 heteroatoms. The Morgan fingerprint density at radius 1 is 0.781 bits per heavy atom. The van der Waals surface area contributed by atoms with Gasteiger partial charge in [0.05, 0.1) is 10.2 Å². The highest BCUT2D eigenvalue weighted by Crippen LogP contribution is 2.50. The monoisotopic (exact) mass is 565 g/mol. The molecule has 1 heterocycles. The molecular weight excluding hydrogens is 542 g/mol. The maximum atomic E-state index is 5.00. The SMILES string of the molecule is CC(C)(C)c1cc2c3c(c4cc(C(C)(C)C)cc5c6sc(Br)nc6c(c1)c2c45)C=C(Br)C3. The number of rotatable bonds is 0. The second-order valence-corrected chi connectivity index (χ2v) is 14.5. The first-order valence-corrected chi connectivity index (χ1v) is 13.5. The summed E-state index contributed by atoms with van der Waals surface area (Å²) in [5.41, 5.74) is 6.85. The van der Waals surface area contributed by atoms with Gasteiger partial charge >= 0.3 is 0 Å². The zero-order valence-electron chi connectivity index (χ0n) is 19.2. The normalized spacial score (nSPS) is 14.9. The molecule has 32 heavy (non-hydrogen) atoms. The Hall–Kier alpha value is -1.49. The Balaban J connectivity index is 1.97. The van der Waals surface area contributed by atoms with Crippen LogP contribution in [0.3, 0.4) is 0 Å². The van der Waals surface area contributed by atoms with Gasteiger partial charge in [0, 0.05) is 21.7 Å². The summed E-state index contributed by atoms with van der Waals surface area (Å²) < 4.78 is 3.50. The molecule has 0 saturated carbocycles. The van der Waals surface area contributed by atoms with Crippen molar-refractivity contribution < 1.29 is 0 Å². The van der Waals surface area contributed by atoms with E-state index in [0.29, 0.717) is 0 Å². The fourth-order valence-electron chi connectivity index (χ4n) is 5.20. The first-order chi connectivity index (χ1) is 14.9. The van der Waals surface area contributed by atoms with Gasteiger partial charge in [-0.3, -0.25) is 0 Å². The third-order valence-electron chi connectivity index (χ3n) is 6.95. The van der Waals surface area contributed by atoms with E-state index in [2.05, 4.69) is 104 Å². The molecule has 4 aromatic carbocycles. The van der Waals surface area contributed by atoms with Crippen molar-refractivity contribution in [3.05, 3.63) is 54.9 Å². The molecule has 0 fully saturated rings. The van der Waals surface area contributed by atoms with E-state index < -0.39 is 0 Å². The van der Waals surface area contributed by atoms with E-state index >= 15 is 0 Å². The van der Waals surface area contributed by atoms with Crippen LogP contribution in [0.4, 0.5) is 0 Å². The number of halogens is 2. The summed E-state index contributed by atoms with van der Waals surface area (Å²) in [6.45, 7) is 13.8. The molecule has 5 aromatic rings.